The minimum Gasteiger partial charge on any atom is -0.0615 e. The second kappa shape index (κ2) is 5.33. The van der Waals surface area contributed by atoms with Gasteiger partial charge in [0.1, 0.15) is 0 Å². The molecule has 122 valence electrons. The minimum atomic E-state index is 0.286. The van der Waals surface area contributed by atoms with Crippen molar-refractivity contribution in [3.8, 4) is 0 Å². The Balaban J connectivity index is 5.52. The molecule has 0 aliphatic rings. The molecule has 0 aliphatic carbocycles. The fourth-order valence-corrected chi connectivity index (χ4v) is 4.00. The summed E-state index contributed by atoms with van der Waals surface area (Å²) in [7, 11) is 0. The van der Waals surface area contributed by atoms with Gasteiger partial charge in [-0.3, -0.25) is 0 Å². The summed E-state index contributed by atoms with van der Waals surface area (Å²) in [6.07, 6.45) is 1.27. The van der Waals surface area contributed by atoms with E-state index < -0.39 is 0 Å². The van der Waals surface area contributed by atoms with Crippen LogP contribution in [0.1, 0.15) is 96.4 Å². The fraction of sp³-hybridized carbons (Fsp3) is 1.00. The van der Waals surface area contributed by atoms with Crippen LogP contribution in [0.5, 0.6) is 0 Å². The molecule has 0 aromatic rings. The van der Waals surface area contributed by atoms with Crippen molar-refractivity contribution in [3.05, 3.63) is 0 Å². The van der Waals surface area contributed by atoms with E-state index in [4.69, 9.17) is 0 Å². The average molecular weight is 283 g/mol. The zero-order valence-corrected chi connectivity index (χ0v) is 16.8. The summed E-state index contributed by atoms with van der Waals surface area (Å²) in [5, 5.41) is 0. The van der Waals surface area contributed by atoms with E-state index in [0.29, 0.717) is 27.6 Å². The summed E-state index contributed by atoms with van der Waals surface area (Å²) in [5.74, 6) is 0.670. The van der Waals surface area contributed by atoms with Crippen molar-refractivity contribution in [3.63, 3.8) is 0 Å². The summed E-state index contributed by atoms with van der Waals surface area (Å²) < 4.78 is 0. The molecule has 20 heavy (non-hydrogen) atoms. The Kier molecular flexibility index (Phi) is 5.33. The molecule has 0 aliphatic heterocycles. The number of hydrogen-bond acceptors (Lipinski definition) is 0. The molecule has 0 N–H and O–H groups in total. The van der Waals surface area contributed by atoms with E-state index in [1.165, 1.54) is 6.42 Å². The Morgan fingerprint density at radius 3 is 1.25 bits per heavy atom. The van der Waals surface area contributed by atoms with Crippen LogP contribution in [0.15, 0.2) is 0 Å². The molecule has 0 fully saturated rings. The van der Waals surface area contributed by atoms with E-state index in [9.17, 15) is 0 Å². The van der Waals surface area contributed by atoms with Gasteiger partial charge in [-0.15, -0.1) is 0 Å². The normalized spacial score (nSPS) is 17.2. The Morgan fingerprint density at radius 2 is 1.00 bits per heavy atom. The molecule has 0 rings (SSSR count). The van der Waals surface area contributed by atoms with E-state index in [1.54, 1.807) is 0 Å². The summed E-state index contributed by atoms with van der Waals surface area (Å²) >= 11 is 0. The van der Waals surface area contributed by atoms with Gasteiger partial charge in [-0.25, -0.2) is 0 Å². The van der Waals surface area contributed by atoms with E-state index in [0.717, 1.165) is 0 Å². The van der Waals surface area contributed by atoms with E-state index in [-0.39, 0.29) is 5.41 Å². The molecule has 1 atom stereocenters. The van der Waals surface area contributed by atoms with Gasteiger partial charge in [0.15, 0.2) is 0 Å². The molecule has 0 nitrogen and oxygen atoms in total. The first kappa shape index (κ1) is 20.0. The van der Waals surface area contributed by atoms with Crippen molar-refractivity contribution in [1.29, 1.82) is 0 Å². The monoisotopic (exact) mass is 282 g/mol. The molecule has 0 bridgehead atoms. The van der Waals surface area contributed by atoms with E-state index in [1.807, 2.05) is 0 Å². The van der Waals surface area contributed by atoms with Crippen LogP contribution in [-0.2, 0) is 0 Å². The van der Waals surface area contributed by atoms with Gasteiger partial charge >= 0.3 is 0 Å². The fourth-order valence-electron chi connectivity index (χ4n) is 4.00. The smallest absolute Gasteiger partial charge is 0.0252 e. The van der Waals surface area contributed by atoms with Crippen LogP contribution in [0.3, 0.4) is 0 Å². The first-order valence-corrected chi connectivity index (χ1v) is 8.36. The molecule has 0 saturated carbocycles. The molecule has 0 amide bonds. The van der Waals surface area contributed by atoms with Gasteiger partial charge in [0, 0.05) is 0 Å². The average Bonchev–Trinajstić information content (AvgIpc) is 2.10. The number of hydrogen-bond donors (Lipinski definition) is 0. The molecule has 0 heteroatoms. The molecule has 0 aromatic heterocycles. The van der Waals surface area contributed by atoms with Gasteiger partial charge < -0.3 is 0 Å². The first-order chi connectivity index (χ1) is 8.36. The number of rotatable bonds is 4. The van der Waals surface area contributed by atoms with Crippen LogP contribution < -0.4 is 0 Å². The molecule has 0 heterocycles. The maximum atomic E-state index is 2.48. The summed E-state index contributed by atoms with van der Waals surface area (Å²) in [6, 6.07) is 0. The lowest BCUT2D eigenvalue weighted by Crippen LogP contribution is -2.50. The van der Waals surface area contributed by atoms with Crippen LogP contribution in [-0.4, -0.2) is 0 Å². The second-order valence-corrected chi connectivity index (χ2v) is 11.0. The molecule has 0 spiro atoms. The van der Waals surface area contributed by atoms with Crippen molar-refractivity contribution in [2.75, 3.05) is 0 Å². The summed E-state index contributed by atoms with van der Waals surface area (Å²) in [4.78, 5) is 0. The zero-order valence-electron chi connectivity index (χ0n) is 16.8. The Hall–Kier alpha value is 0. The quantitative estimate of drug-likeness (QED) is 0.512. The predicted octanol–water partition coefficient (Wildman–Crippen LogP) is 7.18. The standard InChI is InChI=1S/C20H42/c1-15(18(8,9)14-16(2,3)4)19(10,11)20(12,13)17(5,6)7/h15H,14H2,1-13H3. The van der Waals surface area contributed by atoms with Crippen LogP contribution in [0.2, 0.25) is 0 Å². The van der Waals surface area contributed by atoms with Crippen molar-refractivity contribution >= 4 is 0 Å². The molecule has 1 unspecified atom stereocenters. The van der Waals surface area contributed by atoms with Crippen molar-refractivity contribution in [2.24, 2.45) is 33.0 Å². The van der Waals surface area contributed by atoms with Gasteiger partial charge in [0.2, 0.25) is 0 Å². The highest BCUT2D eigenvalue weighted by molar-refractivity contribution is 5.00. The van der Waals surface area contributed by atoms with Crippen LogP contribution in [0, 0.1) is 33.0 Å². The molecule has 0 radical (unpaired) electrons. The van der Waals surface area contributed by atoms with Crippen molar-refractivity contribution in [1.82, 2.24) is 0 Å². The van der Waals surface area contributed by atoms with E-state index in [2.05, 4.69) is 90.0 Å². The molecule has 0 saturated heterocycles. The molecular formula is C20H42. The lowest BCUT2D eigenvalue weighted by Gasteiger charge is -2.57. The molecular weight excluding hydrogens is 240 g/mol. The molecule has 0 aromatic carbocycles. The maximum absolute atomic E-state index is 2.48. The Morgan fingerprint density at radius 1 is 0.650 bits per heavy atom. The van der Waals surface area contributed by atoms with Gasteiger partial charge in [-0.05, 0) is 39.4 Å². The maximum Gasteiger partial charge on any atom is -0.0252 e. The van der Waals surface area contributed by atoms with Gasteiger partial charge in [0.25, 0.3) is 0 Å². The predicted molar refractivity (Wildman–Crippen MR) is 94.0 cm³/mol. The van der Waals surface area contributed by atoms with Gasteiger partial charge in [0.05, 0.1) is 0 Å². The highest BCUT2D eigenvalue weighted by Gasteiger charge is 2.51. The lowest BCUT2D eigenvalue weighted by molar-refractivity contribution is -0.0862. The van der Waals surface area contributed by atoms with Crippen LogP contribution >= 0.6 is 0 Å². The summed E-state index contributed by atoms with van der Waals surface area (Å²) in [6.45, 7) is 31.5. The van der Waals surface area contributed by atoms with Gasteiger partial charge in [-0.1, -0.05) is 90.0 Å². The minimum absolute atomic E-state index is 0.286. The van der Waals surface area contributed by atoms with Crippen molar-refractivity contribution in [2.45, 2.75) is 96.4 Å². The van der Waals surface area contributed by atoms with Crippen molar-refractivity contribution < 1.29 is 0 Å². The topological polar surface area (TPSA) is 0 Å². The first-order valence-electron chi connectivity index (χ1n) is 8.36. The zero-order chi connectivity index (χ0) is 16.8. The van der Waals surface area contributed by atoms with Crippen LogP contribution in [0.4, 0.5) is 0 Å². The Bertz CT molecular complexity index is 315. The largest absolute Gasteiger partial charge is 0.0615 e. The van der Waals surface area contributed by atoms with Gasteiger partial charge in [-0.2, -0.15) is 0 Å². The third-order valence-corrected chi connectivity index (χ3v) is 6.73. The summed E-state index contributed by atoms with van der Waals surface area (Å²) in [5.41, 5.74) is 1.63. The second-order valence-electron chi connectivity index (χ2n) is 11.0. The van der Waals surface area contributed by atoms with E-state index >= 15 is 0 Å². The Labute approximate surface area is 130 Å². The van der Waals surface area contributed by atoms with Crippen LogP contribution in [0.25, 0.3) is 0 Å². The highest BCUT2D eigenvalue weighted by Crippen LogP contribution is 2.59. The SMILES string of the molecule is CC(C(C)(C)CC(C)(C)C)C(C)(C)C(C)(C)C(C)(C)C. The lowest BCUT2D eigenvalue weighted by atomic mass is 9.47. The third-order valence-electron chi connectivity index (χ3n) is 6.73. The third kappa shape index (κ3) is 4.01. The highest BCUT2D eigenvalue weighted by atomic mass is 14.6.